The van der Waals surface area contributed by atoms with Crippen molar-refractivity contribution in [1.82, 2.24) is 9.97 Å². The number of benzene rings is 2. The zero-order chi connectivity index (χ0) is 20.1. The first-order chi connectivity index (χ1) is 14.2. The summed E-state index contributed by atoms with van der Waals surface area (Å²) in [6.45, 7) is 2.46. The molecule has 0 radical (unpaired) electrons. The molecule has 5 nitrogen and oxygen atoms in total. The van der Waals surface area contributed by atoms with Gasteiger partial charge in [-0.1, -0.05) is 48.2 Å². The van der Waals surface area contributed by atoms with E-state index < -0.39 is 0 Å². The van der Waals surface area contributed by atoms with Crippen molar-refractivity contribution in [3.63, 3.8) is 0 Å². The second kappa shape index (κ2) is 9.07. The molecule has 0 atom stereocenters. The van der Waals surface area contributed by atoms with Crippen molar-refractivity contribution in [3.05, 3.63) is 66.0 Å². The highest BCUT2D eigenvalue weighted by molar-refractivity contribution is 8.00. The molecule has 0 fully saturated rings. The first-order valence-corrected chi connectivity index (χ1v) is 11.1. The average Bonchev–Trinajstić information content (AvgIpc) is 3.28. The highest BCUT2D eigenvalue weighted by Gasteiger charge is 2.13. The molecule has 0 saturated heterocycles. The van der Waals surface area contributed by atoms with Crippen LogP contribution in [-0.2, 0) is 4.79 Å². The van der Waals surface area contributed by atoms with Crippen LogP contribution in [0.2, 0.25) is 0 Å². The molecular weight excluding hydrogens is 402 g/mol. The van der Waals surface area contributed by atoms with Crippen molar-refractivity contribution >= 4 is 45.6 Å². The third-order valence-electron chi connectivity index (χ3n) is 4.11. The molecule has 2 aromatic carbocycles. The number of thioether (sulfide) groups is 1. The molecule has 146 valence electrons. The molecule has 1 amide bonds. The molecule has 29 heavy (non-hydrogen) atoms. The number of carbonyl (C=O) groups is 1. The van der Waals surface area contributed by atoms with E-state index in [1.165, 1.54) is 11.8 Å². The minimum Gasteiger partial charge on any atom is -0.492 e. The molecule has 2 heterocycles. The van der Waals surface area contributed by atoms with Crippen molar-refractivity contribution in [1.29, 1.82) is 0 Å². The van der Waals surface area contributed by atoms with E-state index in [0.717, 1.165) is 20.8 Å². The maximum atomic E-state index is 12.6. The molecule has 1 N–H and O–H groups in total. The fourth-order valence-corrected chi connectivity index (χ4v) is 4.32. The molecule has 0 unspecified atom stereocenters. The largest absolute Gasteiger partial charge is 0.492 e. The number of amides is 1. The van der Waals surface area contributed by atoms with Crippen LogP contribution < -0.4 is 10.1 Å². The minimum absolute atomic E-state index is 0.109. The third-order valence-corrected chi connectivity index (χ3v) is 5.97. The van der Waals surface area contributed by atoms with E-state index in [1.54, 1.807) is 11.3 Å². The highest BCUT2D eigenvalue weighted by atomic mass is 32.2. The van der Waals surface area contributed by atoms with Crippen LogP contribution in [0, 0.1) is 0 Å². The standard InChI is InChI=1S/C22H19N3O2S2/c1-2-27-18-11-6-5-10-17(18)23-20(26)14-29-22-15-8-3-4-9-16(15)24-21(25-22)19-12-7-13-28-19/h3-13H,2,14H2,1H3,(H,23,26). The molecule has 4 rings (SSSR count). The summed E-state index contributed by atoms with van der Waals surface area (Å²) < 4.78 is 5.57. The molecule has 0 aliphatic carbocycles. The van der Waals surface area contributed by atoms with Crippen LogP contribution in [0.5, 0.6) is 5.75 Å². The number of carbonyl (C=O) groups excluding carboxylic acids is 1. The summed E-state index contributed by atoms with van der Waals surface area (Å²) in [5.74, 6) is 1.48. The van der Waals surface area contributed by atoms with E-state index >= 15 is 0 Å². The van der Waals surface area contributed by atoms with Gasteiger partial charge in [-0.05, 0) is 36.6 Å². The maximum absolute atomic E-state index is 12.6. The number of ether oxygens (including phenoxy) is 1. The Balaban J connectivity index is 1.54. The minimum atomic E-state index is -0.109. The van der Waals surface area contributed by atoms with Gasteiger partial charge in [-0.15, -0.1) is 11.3 Å². The van der Waals surface area contributed by atoms with Gasteiger partial charge >= 0.3 is 0 Å². The highest BCUT2D eigenvalue weighted by Crippen LogP contribution is 2.30. The number of para-hydroxylation sites is 3. The summed E-state index contributed by atoms with van der Waals surface area (Å²) in [7, 11) is 0. The second-order valence-electron chi connectivity index (χ2n) is 6.11. The van der Waals surface area contributed by atoms with Gasteiger partial charge in [0.15, 0.2) is 5.82 Å². The molecule has 7 heteroatoms. The van der Waals surface area contributed by atoms with Gasteiger partial charge < -0.3 is 10.1 Å². The molecule has 0 spiro atoms. The molecule has 0 aliphatic rings. The number of nitrogens with zero attached hydrogens (tertiary/aromatic N) is 2. The van der Waals surface area contributed by atoms with Gasteiger partial charge in [0, 0.05) is 5.39 Å². The normalized spacial score (nSPS) is 10.8. The Morgan fingerprint density at radius 2 is 1.90 bits per heavy atom. The SMILES string of the molecule is CCOc1ccccc1NC(=O)CSc1nc(-c2cccs2)nc2ccccc12. The summed E-state index contributed by atoms with van der Waals surface area (Å²) in [6, 6.07) is 19.3. The summed E-state index contributed by atoms with van der Waals surface area (Å²) >= 11 is 3.01. The number of thiophene rings is 1. The first-order valence-electron chi connectivity index (χ1n) is 9.19. The van der Waals surface area contributed by atoms with Gasteiger partial charge in [0.25, 0.3) is 0 Å². The van der Waals surface area contributed by atoms with E-state index in [4.69, 9.17) is 9.72 Å². The van der Waals surface area contributed by atoms with E-state index in [0.29, 0.717) is 23.9 Å². The second-order valence-corrected chi connectivity index (χ2v) is 8.02. The molecule has 0 aliphatic heterocycles. The number of anilines is 1. The number of aromatic nitrogens is 2. The van der Waals surface area contributed by atoms with Crippen LogP contribution in [0.15, 0.2) is 71.1 Å². The van der Waals surface area contributed by atoms with Gasteiger partial charge in [-0.3, -0.25) is 4.79 Å². The van der Waals surface area contributed by atoms with E-state index in [9.17, 15) is 4.79 Å². The van der Waals surface area contributed by atoms with Gasteiger partial charge in [0.2, 0.25) is 5.91 Å². The Labute approximate surface area is 177 Å². The lowest BCUT2D eigenvalue weighted by molar-refractivity contribution is -0.113. The predicted molar refractivity (Wildman–Crippen MR) is 120 cm³/mol. The lowest BCUT2D eigenvalue weighted by Gasteiger charge is -2.11. The molecule has 4 aromatic rings. The Morgan fingerprint density at radius 3 is 2.72 bits per heavy atom. The van der Waals surface area contributed by atoms with Crippen LogP contribution in [0.4, 0.5) is 5.69 Å². The van der Waals surface area contributed by atoms with E-state index in [1.807, 2.05) is 73.0 Å². The van der Waals surface area contributed by atoms with Crippen molar-refractivity contribution in [2.75, 3.05) is 17.7 Å². The fourth-order valence-electron chi connectivity index (χ4n) is 2.84. The van der Waals surface area contributed by atoms with Crippen molar-refractivity contribution < 1.29 is 9.53 Å². The van der Waals surface area contributed by atoms with E-state index in [2.05, 4.69) is 10.3 Å². The fraction of sp³-hybridized carbons (Fsp3) is 0.136. The van der Waals surface area contributed by atoms with Crippen molar-refractivity contribution in [2.45, 2.75) is 11.9 Å². The van der Waals surface area contributed by atoms with Gasteiger partial charge in [-0.25, -0.2) is 9.97 Å². The predicted octanol–water partition coefficient (Wildman–Crippen LogP) is 5.49. The Bertz CT molecular complexity index is 1130. The van der Waals surface area contributed by atoms with Gasteiger partial charge in [-0.2, -0.15) is 0 Å². The quantitative estimate of drug-likeness (QED) is 0.316. The van der Waals surface area contributed by atoms with Crippen LogP contribution in [0.1, 0.15) is 6.92 Å². The number of hydrogen-bond acceptors (Lipinski definition) is 6. The van der Waals surface area contributed by atoms with Crippen LogP contribution in [-0.4, -0.2) is 28.2 Å². The Kier molecular flexibility index (Phi) is 6.07. The summed E-state index contributed by atoms with van der Waals surface area (Å²) in [4.78, 5) is 23.0. The molecule has 0 saturated carbocycles. The topological polar surface area (TPSA) is 64.1 Å². The van der Waals surface area contributed by atoms with Gasteiger partial charge in [0.05, 0.1) is 28.4 Å². The molecule has 2 aromatic heterocycles. The number of nitrogens with one attached hydrogen (secondary N) is 1. The molecule has 0 bridgehead atoms. The zero-order valence-corrected chi connectivity index (χ0v) is 17.4. The first kappa shape index (κ1) is 19.4. The van der Waals surface area contributed by atoms with Crippen LogP contribution in [0.25, 0.3) is 21.6 Å². The summed E-state index contributed by atoms with van der Waals surface area (Å²) in [5, 5.41) is 6.68. The maximum Gasteiger partial charge on any atom is 0.234 e. The third kappa shape index (κ3) is 4.58. The zero-order valence-electron chi connectivity index (χ0n) is 15.8. The monoisotopic (exact) mass is 421 g/mol. The van der Waals surface area contributed by atoms with Crippen molar-refractivity contribution in [2.24, 2.45) is 0 Å². The lowest BCUT2D eigenvalue weighted by Crippen LogP contribution is -2.15. The van der Waals surface area contributed by atoms with Gasteiger partial charge in [0.1, 0.15) is 10.8 Å². The lowest BCUT2D eigenvalue weighted by atomic mass is 10.2. The summed E-state index contributed by atoms with van der Waals surface area (Å²) in [6.07, 6.45) is 0. The van der Waals surface area contributed by atoms with Crippen LogP contribution in [0.3, 0.4) is 0 Å². The average molecular weight is 422 g/mol. The Morgan fingerprint density at radius 1 is 1.07 bits per heavy atom. The smallest absolute Gasteiger partial charge is 0.234 e. The number of rotatable bonds is 7. The van der Waals surface area contributed by atoms with Crippen LogP contribution >= 0.6 is 23.1 Å². The summed E-state index contributed by atoms with van der Waals surface area (Å²) in [5.41, 5.74) is 1.54. The van der Waals surface area contributed by atoms with Crippen molar-refractivity contribution in [3.8, 4) is 16.5 Å². The Hall–Kier alpha value is -2.90. The number of hydrogen-bond donors (Lipinski definition) is 1. The molecular formula is C22H19N3O2S2. The van der Waals surface area contributed by atoms with E-state index in [-0.39, 0.29) is 11.7 Å². The number of fused-ring (bicyclic) bond motifs is 1.